The minimum atomic E-state index is -1.12. The molecule has 3 saturated carbocycles. The summed E-state index contributed by atoms with van der Waals surface area (Å²) in [6.45, 7) is 4.62. The van der Waals surface area contributed by atoms with E-state index < -0.39 is 5.60 Å². The number of hydrogen-bond donors (Lipinski definition) is 1. The molecule has 0 amide bonds. The SMILES string of the molecule is COC1=C=C2CC[C@@H]3[C@H](CC[C@@]4(C)[C@H]3CC[C@]4(O)C#N)[C@@]2(C)CC1. The molecule has 3 fully saturated rings. The van der Waals surface area contributed by atoms with Crippen LogP contribution >= 0.6 is 0 Å². The summed E-state index contributed by atoms with van der Waals surface area (Å²) >= 11 is 0. The number of hydrogen-bond acceptors (Lipinski definition) is 3. The Morgan fingerprint density at radius 1 is 1.12 bits per heavy atom. The molecule has 0 aliphatic heterocycles. The lowest BCUT2D eigenvalue weighted by molar-refractivity contribution is -0.100. The van der Waals surface area contributed by atoms with Gasteiger partial charge in [-0.1, -0.05) is 19.6 Å². The third-order valence-electron chi connectivity index (χ3n) is 8.42. The van der Waals surface area contributed by atoms with Crippen LogP contribution in [0.3, 0.4) is 0 Å². The van der Waals surface area contributed by atoms with Crippen LogP contribution in [0, 0.1) is 39.9 Å². The maximum atomic E-state index is 10.9. The standard InChI is InChI=1S/C21H29NO2/c1-19-9-6-15(24-3)12-14(19)4-5-16-17(19)7-10-20(2)18(16)8-11-21(20,23)13-22/h16-18,23H,4-11H2,1-3H3/t16-,17+,18+,19+,20+,21+/m1/s1. The predicted octanol–water partition coefficient (Wildman–Crippen LogP) is 4.33. The molecule has 1 N–H and O–H groups in total. The Labute approximate surface area is 145 Å². The number of nitrogens with zero attached hydrogens (tertiary/aromatic N) is 1. The van der Waals surface area contributed by atoms with E-state index in [9.17, 15) is 10.4 Å². The van der Waals surface area contributed by atoms with Gasteiger partial charge < -0.3 is 9.84 Å². The van der Waals surface area contributed by atoms with Crippen molar-refractivity contribution in [3.05, 3.63) is 17.1 Å². The lowest BCUT2D eigenvalue weighted by Gasteiger charge is -2.57. The molecule has 4 aliphatic carbocycles. The zero-order valence-corrected chi connectivity index (χ0v) is 15.2. The highest BCUT2D eigenvalue weighted by molar-refractivity contribution is 5.27. The zero-order chi connectivity index (χ0) is 17.2. The fourth-order valence-electron chi connectivity index (χ4n) is 6.80. The molecular weight excluding hydrogens is 298 g/mol. The molecule has 130 valence electrons. The van der Waals surface area contributed by atoms with Crippen LogP contribution in [-0.2, 0) is 4.74 Å². The van der Waals surface area contributed by atoms with Crippen molar-refractivity contribution in [2.45, 2.75) is 70.8 Å². The Morgan fingerprint density at radius 3 is 2.58 bits per heavy atom. The topological polar surface area (TPSA) is 53.2 Å². The first-order chi connectivity index (χ1) is 11.4. The number of methoxy groups -OCH3 is 1. The first-order valence-corrected chi connectivity index (χ1v) is 9.55. The van der Waals surface area contributed by atoms with Gasteiger partial charge in [0.05, 0.1) is 13.2 Å². The summed E-state index contributed by atoms with van der Waals surface area (Å²) in [5, 5.41) is 20.5. The smallest absolute Gasteiger partial charge is 0.156 e. The summed E-state index contributed by atoms with van der Waals surface area (Å²) in [7, 11) is 1.75. The van der Waals surface area contributed by atoms with E-state index in [0.29, 0.717) is 24.2 Å². The van der Waals surface area contributed by atoms with Crippen LogP contribution in [0.2, 0.25) is 0 Å². The summed E-state index contributed by atoms with van der Waals surface area (Å²) in [6, 6.07) is 2.27. The van der Waals surface area contributed by atoms with Gasteiger partial charge in [-0.15, -0.1) is 0 Å². The van der Waals surface area contributed by atoms with E-state index in [-0.39, 0.29) is 10.8 Å². The van der Waals surface area contributed by atoms with E-state index in [1.54, 1.807) is 7.11 Å². The number of nitriles is 1. The van der Waals surface area contributed by atoms with Crippen molar-refractivity contribution in [1.82, 2.24) is 0 Å². The number of aliphatic hydroxyl groups is 1. The van der Waals surface area contributed by atoms with Gasteiger partial charge in [0.1, 0.15) is 5.76 Å². The molecule has 6 atom stereocenters. The van der Waals surface area contributed by atoms with E-state index in [1.807, 2.05) is 0 Å². The summed E-state index contributed by atoms with van der Waals surface area (Å²) in [6.07, 6.45) is 8.20. The van der Waals surface area contributed by atoms with Crippen molar-refractivity contribution < 1.29 is 9.84 Å². The van der Waals surface area contributed by atoms with Crippen LogP contribution in [0.15, 0.2) is 17.1 Å². The third kappa shape index (κ3) is 1.88. The van der Waals surface area contributed by atoms with E-state index >= 15 is 0 Å². The second-order valence-corrected chi connectivity index (χ2v) is 9.03. The van der Waals surface area contributed by atoms with Gasteiger partial charge in [0, 0.05) is 11.8 Å². The number of rotatable bonds is 1. The van der Waals surface area contributed by atoms with Gasteiger partial charge in [-0.3, -0.25) is 0 Å². The molecule has 24 heavy (non-hydrogen) atoms. The highest BCUT2D eigenvalue weighted by atomic mass is 16.5. The maximum absolute atomic E-state index is 10.9. The zero-order valence-electron chi connectivity index (χ0n) is 15.2. The van der Waals surface area contributed by atoms with E-state index in [2.05, 4.69) is 25.6 Å². The Morgan fingerprint density at radius 2 is 1.88 bits per heavy atom. The average Bonchev–Trinajstić information content (AvgIpc) is 2.86. The van der Waals surface area contributed by atoms with Crippen LogP contribution in [0.4, 0.5) is 0 Å². The molecule has 0 heterocycles. The molecule has 0 aromatic rings. The fourth-order valence-corrected chi connectivity index (χ4v) is 6.80. The summed E-state index contributed by atoms with van der Waals surface area (Å²) < 4.78 is 5.46. The summed E-state index contributed by atoms with van der Waals surface area (Å²) in [4.78, 5) is 0. The lowest BCUT2D eigenvalue weighted by Crippen LogP contribution is -2.54. The molecule has 4 aliphatic rings. The van der Waals surface area contributed by atoms with Crippen molar-refractivity contribution in [2.75, 3.05) is 7.11 Å². The van der Waals surface area contributed by atoms with Gasteiger partial charge in [-0.05, 0) is 73.7 Å². The van der Waals surface area contributed by atoms with Gasteiger partial charge in [0.25, 0.3) is 0 Å². The largest absolute Gasteiger partial charge is 0.493 e. The Bertz CT molecular complexity index is 670. The van der Waals surface area contributed by atoms with Gasteiger partial charge >= 0.3 is 0 Å². The first kappa shape index (κ1) is 16.2. The van der Waals surface area contributed by atoms with Crippen LogP contribution in [0.25, 0.3) is 0 Å². The Hall–Kier alpha value is -1.23. The van der Waals surface area contributed by atoms with Gasteiger partial charge in [0.15, 0.2) is 5.60 Å². The van der Waals surface area contributed by atoms with Crippen molar-refractivity contribution in [3.63, 3.8) is 0 Å². The Balaban J connectivity index is 1.71. The molecule has 0 radical (unpaired) electrons. The van der Waals surface area contributed by atoms with Gasteiger partial charge in [-0.2, -0.15) is 5.26 Å². The molecule has 0 unspecified atom stereocenters. The van der Waals surface area contributed by atoms with Crippen LogP contribution in [0.1, 0.15) is 65.2 Å². The second kappa shape index (κ2) is 5.13. The van der Waals surface area contributed by atoms with Crippen molar-refractivity contribution in [1.29, 1.82) is 5.26 Å². The molecule has 4 rings (SSSR count). The highest BCUT2D eigenvalue weighted by Gasteiger charge is 2.64. The lowest BCUT2D eigenvalue weighted by atomic mass is 9.47. The molecular formula is C21H29NO2. The average molecular weight is 327 g/mol. The molecule has 0 aromatic carbocycles. The minimum absolute atomic E-state index is 0.220. The Kier molecular flexibility index (Phi) is 3.48. The fraction of sp³-hybridized carbons (Fsp3) is 0.810. The number of allylic oxidation sites excluding steroid dienone is 1. The van der Waals surface area contributed by atoms with E-state index in [0.717, 1.165) is 44.3 Å². The van der Waals surface area contributed by atoms with Crippen molar-refractivity contribution >= 4 is 0 Å². The van der Waals surface area contributed by atoms with Crippen LogP contribution in [0.5, 0.6) is 0 Å². The maximum Gasteiger partial charge on any atom is 0.156 e. The third-order valence-corrected chi connectivity index (χ3v) is 8.42. The van der Waals surface area contributed by atoms with Gasteiger partial charge in [0.2, 0.25) is 0 Å². The van der Waals surface area contributed by atoms with Crippen molar-refractivity contribution in [2.24, 2.45) is 28.6 Å². The molecule has 0 saturated heterocycles. The number of fused-ring (bicyclic) bond motifs is 5. The normalized spacial score (nSPS) is 49.9. The highest BCUT2D eigenvalue weighted by Crippen LogP contribution is 2.67. The summed E-state index contributed by atoms with van der Waals surface area (Å²) in [5.74, 6) is 2.82. The first-order valence-electron chi connectivity index (χ1n) is 9.55. The van der Waals surface area contributed by atoms with Crippen molar-refractivity contribution in [3.8, 4) is 6.07 Å². The molecule has 3 nitrogen and oxygen atoms in total. The number of ether oxygens (including phenoxy) is 1. The van der Waals surface area contributed by atoms with E-state index in [4.69, 9.17) is 4.74 Å². The predicted molar refractivity (Wildman–Crippen MR) is 91.7 cm³/mol. The molecule has 3 heteroatoms. The second-order valence-electron chi connectivity index (χ2n) is 9.03. The monoisotopic (exact) mass is 327 g/mol. The molecule has 0 bridgehead atoms. The quantitative estimate of drug-likeness (QED) is 0.576. The molecule has 0 aromatic heterocycles. The summed E-state index contributed by atoms with van der Waals surface area (Å²) in [5.41, 5.74) is 3.95. The van der Waals surface area contributed by atoms with Crippen LogP contribution < -0.4 is 0 Å². The molecule has 0 spiro atoms. The van der Waals surface area contributed by atoms with Gasteiger partial charge in [-0.25, -0.2) is 0 Å². The van der Waals surface area contributed by atoms with E-state index in [1.165, 1.54) is 12.0 Å². The van der Waals surface area contributed by atoms with Crippen LogP contribution in [-0.4, -0.2) is 17.8 Å². The minimum Gasteiger partial charge on any atom is -0.493 e.